The van der Waals surface area contributed by atoms with Crippen LogP contribution in [0.4, 0.5) is 4.39 Å². The van der Waals surface area contributed by atoms with Crippen LogP contribution < -0.4 is 4.74 Å². The number of aromatic nitrogens is 2. The van der Waals surface area contributed by atoms with Gasteiger partial charge in [-0.15, -0.1) is 0 Å². The smallest absolute Gasteiger partial charge is 0.130 e. The predicted octanol–water partition coefficient (Wildman–Crippen LogP) is 3.95. The largest absolute Gasteiger partial charge is 0.487 e. The van der Waals surface area contributed by atoms with Gasteiger partial charge >= 0.3 is 0 Å². The maximum Gasteiger partial charge on any atom is 0.130 e. The van der Waals surface area contributed by atoms with Crippen LogP contribution in [0.1, 0.15) is 25.2 Å². The Kier molecular flexibility index (Phi) is 4.58. The lowest BCUT2D eigenvalue weighted by atomic mass is 10.3. The van der Waals surface area contributed by atoms with Crippen LogP contribution in [0.15, 0.2) is 28.7 Å². The van der Waals surface area contributed by atoms with E-state index in [-0.39, 0.29) is 5.82 Å². The second-order valence-corrected chi connectivity index (χ2v) is 5.11. The van der Waals surface area contributed by atoms with Crippen LogP contribution in [0.3, 0.4) is 0 Å². The second-order valence-electron chi connectivity index (χ2n) is 4.19. The molecule has 0 aliphatic rings. The maximum absolute atomic E-state index is 13.2. The molecule has 5 heteroatoms. The molecule has 3 nitrogen and oxygen atoms in total. The summed E-state index contributed by atoms with van der Waals surface area (Å²) in [7, 11) is 0. The average Bonchev–Trinajstić information content (AvgIpc) is 2.77. The molecule has 0 fully saturated rings. The van der Waals surface area contributed by atoms with Crippen molar-refractivity contribution in [3.05, 3.63) is 45.9 Å². The molecule has 1 heterocycles. The summed E-state index contributed by atoms with van der Waals surface area (Å²) in [6, 6.07) is 6.55. The van der Waals surface area contributed by atoms with E-state index >= 15 is 0 Å². The molecule has 0 aliphatic carbocycles. The number of aryl methyl sites for hydroxylation is 2. The van der Waals surface area contributed by atoms with Gasteiger partial charge in [-0.05, 0) is 31.5 Å². The second kappa shape index (κ2) is 6.19. The number of hydrogen-bond donors (Lipinski definition) is 0. The van der Waals surface area contributed by atoms with Crippen LogP contribution in [0.5, 0.6) is 5.75 Å². The zero-order valence-corrected chi connectivity index (χ0v) is 12.6. The molecule has 0 N–H and O–H groups in total. The minimum absolute atomic E-state index is 0.317. The van der Waals surface area contributed by atoms with E-state index in [0.717, 1.165) is 24.4 Å². The van der Waals surface area contributed by atoms with E-state index in [4.69, 9.17) is 4.74 Å². The van der Waals surface area contributed by atoms with Crippen molar-refractivity contribution in [1.82, 2.24) is 9.78 Å². The SMILES string of the molecule is CCc1cc(COc2cc(F)cc(Br)c2)n(CC)n1. The van der Waals surface area contributed by atoms with Crippen molar-refractivity contribution in [2.75, 3.05) is 0 Å². The third-order valence-electron chi connectivity index (χ3n) is 2.80. The summed E-state index contributed by atoms with van der Waals surface area (Å²) >= 11 is 3.25. The summed E-state index contributed by atoms with van der Waals surface area (Å²) in [6.07, 6.45) is 0.894. The van der Waals surface area contributed by atoms with Crippen molar-refractivity contribution in [1.29, 1.82) is 0 Å². The van der Waals surface area contributed by atoms with Gasteiger partial charge in [-0.3, -0.25) is 4.68 Å². The molecule has 19 heavy (non-hydrogen) atoms. The summed E-state index contributed by atoms with van der Waals surface area (Å²) in [6.45, 7) is 5.29. The van der Waals surface area contributed by atoms with Crippen molar-refractivity contribution < 1.29 is 9.13 Å². The Morgan fingerprint density at radius 2 is 2.05 bits per heavy atom. The van der Waals surface area contributed by atoms with Crippen molar-refractivity contribution in [2.24, 2.45) is 0 Å². The third-order valence-corrected chi connectivity index (χ3v) is 3.26. The number of benzene rings is 1. The molecule has 0 atom stereocenters. The van der Waals surface area contributed by atoms with Gasteiger partial charge in [0.05, 0.1) is 11.4 Å². The van der Waals surface area contributed by atoms with Gasteiger partial charge in [0.1, 0.15) is 18.2 Å². The summed E-state index contributed by atoms with van der Waals surface area (Å²) < 4.78 is 21.4. The highest BCUT2D eigenvalue weighted by atomic mass is 79.9. The fourth-order valence-electron chi connectivity index (χ4n) is 1.85. The van der Waals surface area contributed by atoms with Gasteiger partial charge in [0.15, 0.2) is 0 Å². The van der Waals surface area contributed by atoms with Gasteiger partial charge in [-0.25, -0.2) is 4.39 Å². The predicted molar refractivity (Wildman–Crippen MR) is 75.7 cm³/mol. The standard InChI is InChI=1S/C14H16BrFN2O/c1-3-12-8-13(18(4-2)17-12)9-19-14-6-10(15)5-11(16)7-14/h5-8H,3-4,9H2,1-2H3. The molecule has 0 radical (unpaired) electrons. The highest BCUT2D eigenvalue weighted by Gasteiger charge is 2.07. The van der Waals surface area contributed by atoms with E-state index in [2.05, 4.69) is 28.0 Å². The van der Waals surface area contributed by atoms with Crippen LogP contribution in [-0.4, -0.2) is 9.78 Å². The van der Waals surface area contributed by atoms with Crippen molar-refractivity contribution in [3.8, 4) is 5.75 Å². The molecule has 0 amide bonds. The fourth-order valence-corrected chi connectivity index (χ4v) is 2.29. The highest BCUT2D eigenvalue weighted by molar-refractivity contribution is 9.10. The Hall–Kier alpha value is -1.36. The fraction of sp³-hybridized carbons (Fsp3) is 0.357. The molecular formula is C14H16BrFN2O. The van der Waals surface area contributed by atoms with E-state index in [1.54, 1.807) is 6.07 Å². The molecule has 0 spiro atoms. The first-order valence-electron chi connectivity index (χ1n) is 6.26. The van der Waals surface area contributed by atoms with Gasteiger partial charge in [-0.2, -0.15) is 5.10 Å². The van der Waals surface area contributed by atoms with E-state index in [1.807, 2.05) is 17.7 Å². The Balaban J connectivity index is 2.11. The molecule has 2 rings (SSSR count). The quantitative estimate of drug-likeness (QED) is 0.831. The number of hydrogen-bond acceptors (Lipinski definition) is 2. The Morgan fingerprint density at radius 3 is 2.68 bits per heavy atom. The lowest BCUT2D eigenvalue weighted by Gasteiger charge is -2.08. The van der Waals surface area contributed by atoms with Crippen molar-refractivity contribution in [3.63, 3.8) is 0 Å². The first-order valence-corrected chi connectivity index (χ1v) is 7.06. The van der Waals surface area contributed by atoms with E-state index in [9.17, 15) is 4.39 Å². The lowest BCUT2D eigenvalue weighted by molar-refractivity contribution is 0.291. The lowest BCUT2D eigenvalue weighted by Crippen LogP contribution is -2.06. The Bertz CT molecular complexity index is 548. The topological polar surface area (TPSA) is 27.1 Å². The van der Waals surface area contributed by atoms with Crippen LogP contribution >= 0.6 is 15.9 Å². The number of ether oxygens (including phenoxy) is 1. The minimum atomic E-state index is -0.317. The van der Waals surface area contributed by atoms with Gasteiger partial charge in [-0.1, -0.05) is 22.9 Å². The highest BCUT2D eigenvalue weighted by Crippen LogP contribution is 2.21. The number of halogens is 2. The third kappa shape index (κ3) is 3.56. The van der Waals surface area contributed by atoms with Gasteiger partial charge in [0, 0.05) is 17.1 Å². The summed E-state index contributed by atoms with van der Waals surface area (Å²) in [4.78, 5) is 0. The van der Waals surface area contributed by atoms with Crippen molar-refractivity contribution >= 4 is 15.9 Å². The molecule has 0 bridgehead atoms. The molecule has 102 valence electrons. The molecule has 0 saturated heterocycles. The van der Waals surface area contributed by atoms with Gasteiger partial charge in [0.25, 0.3) is 0 Å². The van der Waals surface area contributed by atoms with Crippen LogP contribution in [-0.2, 0) is 19.6 Å². The molecule has 1 aromatic carbocycles. The molecule has 0 aliphatic heterocycles. The minimum Gasteiger partial charge on any atom is -0.487 e. The van der Waals surface area contributed by atoms with Crippen LogP contribution in [0.2, 0.25) is 0 Å². The van der Waals surface area contributed by atoms with Gasteiger partial charge < -0.3 is 4.74 Å². The monoisotopic (exact) mass is 326 g/mol. The molecule has 0 saturated carbocycles. The molecule has 2 aromatic rings. The van der Waals surface area contributed by atoms with Crippen molar-refractivity contribution in [2.45, 2.75) is 33.4 Å². The normalized spacial score (nSPS) is 10.7. The Labute approximate surface area is 120 Å². The maximum atomic E-state index is 13.2. The first-order chi connectivity index (χ1) is 9.12. The first kappa shape index (κ1) is 14.1. The van der Waals surface area contributed by atoms with E-state index in [0.29, 0.717) is 16.8 Å². The average molecular weight is 327 g/mol. The molecule has 1 aromatic heterocycles. The number of nitrogens with zero attached hydrogens (tertiary/aromatic N) is 2. The zero-order chi connectivity index (χ0) is 13.8. The van der Waals surface area contributed by atoms with Crippen LogP contribution in [0.25, 0.3) is 0 Å². The molecule has 0 unspecified atom stereocenters. The summed E-state index contributed by atoms with van der Waals surface area (Å²) in [5.74, 6) is 0.191. The van der Waals surface area contributed by atoms with Gasteiger partial charge in [0.2, 0.25) is 0 Å². The zero-order valence-electron chi connectivity index (χ0n) is 11.0. The van der Waals surface area contributed by atoms with Crippen LogP contribution in [0, 0.1) is 5.82 Å². The Morgan fingerprint density at radius 1 is 1.26 bits per heavy atom. The summed E-state index contributed by atoms with van der Waals surface area (Å²) in [5.41, 5.74) is 2.04. The summed E-state index contributed by atoms with van der Waals surface area (Å²) in [5, 5.41) is 4.45. The van der Waals surface area contributed by atoms with E-state index < -0.39 is 0 Å². The number of rotatable bonds is 5. The van der Waals surface area contributed by atoms with E-state index in [1.165, 1.54) is 12.1 Å². The molecular weight excluding hydrogens is 311 g/mol.